The second-order valence-corrected chi connectivity index (χ2v) is 12.5. The number of carbonyl (C=O) groups excluding carboxylic acids is 1. The molecule has 0 fully saturated rings. The van der Waals surface area contributed by atoms with E-state index < -0.39 is 16.9 Å². The SMILES string of the molecule is Cc1cc2[nH]c1C=c1cc(C)c([nH]1)=Cc1[nH]c(c(CCC(=O)OCCn3c([N+](=O)[O-])cnc3C)c1C)C=c1[nH]c(c(C)c1CCC(=O)O)=C2. The van der Waals surface area contributed by atoms with Gasteiger partial charge in [-0.2, -0.15) is 0 Å². The molecule has 0 aromatic carbocycles. The summed E-state index contributed by atoms with van der Waals surface area (Å²) in [6, 6.07) is 4.19. The first-order valence-electron chi connectivity index (χ1n) is 16.1. The number of carbonyl (C=O) groups is 2. The minimum atomic E-state index is -0.874. The highest BCUT2D eigenvalue weighted by atomic mass is 16.6. The summed E-state index contributed by atoms with van der Waals surface area (Å²) in [6.07, 6.45) is 10.2. The molecule has 13 nitrogen and oxygen atoms in total. The van der Waals surface area contributed by atoms with Crippen molar-refractivity contribution in [1.82, 2.24) is 29.5 Å². The van der Waals surface area contributed by atoms with Crippen LogP contribution in [0.5, 0.6) is 0 Å². The molecular weight excluding hydrogens is 626 g/mol. The minimum Gasteiger partial charge on any atom is -0.481 e. The third-order valence-corrected chi connectivity index (χ3v) is 9.20. The van der Waals surface area contributed by atoms with Crippen LogP contribution in [-0.4, -0.2) is 58.1 Å². The molecule has 49 heavy (non-hydrogen) atoms. The summed E-state index contributed by atoms with van der Waals surface area (Å²) in [5, 5.41) is 24.4. The Morgan fingerprint density at radius 1 is 0.837 bits per heavy atom. The van der Waals surface area contributed by atoms with E-state index in [4.69, 9.17) is 4.74 Å². The number of aryl methyl sites for hydroxylation is 3. The largest absolute Gasteiger partial charge is 0.481 e. The summed E-state index contributed by atoms with van der Waals surface area (Å²) >= 11 is 0. The number of aliphatic carboxylic acids is 1. The van der Waals surface area contributed by atoms with Gasteiger partial charge in [0.15, 0.2) is 5.82 Å². The first-order chi connectivity index (χ1) is 23.4. The van der Waals surface area contributed by atoms with Crippen LogP contribution >= 0.6 is 0 Å². The first-order valence-corrected chi connectivity index (χ1v) is 16.1. The van der Waals surface area contributed by atoms with Gasteiger partial charge in [-0.15, -0.1) is 0 Å². The maximum absolute atomic E-state index is 12.9. The van der Waals surface area contributed by atoms with E-state index in [0.717, 1.165) is 77.6 Å². The van der Waals surface area contributed by atoms with Crippen molar-refractivity contribution < 1.29 is 24.4 Å². The fourth-order valence-corrected chi connectivity index (χ4v) is 6.45. The van der Waals surface area contributed by atoms with Gasteiger partial charge in [0.05, 0.1) is 0 Å². The Kier molecular flexibility index (Phi) is 9.00. The van der Waals surface area contributed by atoms with Gasteiger partial charge in [-0.05, 0) is 115 Å². The van der Waals surface area contributed by atoms with E-state index in [-0.39, 0.29) is 31.8 Å². The zero-order valence-corrected chi connectivity index (χ0v) is 28.1. The quantitative estimate of drug-likeness (QED) is 0.0844. The molecule has 0 amide bonds. The molecule has 13 heteroatoms. The van der Waals surface area contributed by atoms with Gasteiger partial charge >= 0.3 is 17.8 Å². The molecule has 5 aromatic heterocycles. The molecule has 254 valence electrons. The highest BCUT2D eigenvalue weighted by molar-refractivity contribution is 5.71. The summed E-state index contributed by atoms with van der Waals surface area (Å²) in [4.78, 5) is 53.5. The van der Waals surface area contributed by atoms with Crippen LogP contribution in [0.15, 0.2) is 18.3 Å². The van der Waals surface area contributed by atoms with Crippen LogP contribution in [0.1, 0.15) is 74.8 Å². The highest BCUT2D eigenvalue weighted by Gasteiger charge is 2.19. The molecule has 5 N–H and O–H groups in total. The molecule has 0 aliphatic carbocycles. The maximum atomic E-state index is 12.9. The van der Waals surface area contributed by atoms with Gasteiger partial charge in [0.25, 0.3) is 0 Å². The summed E-state index contributed by atoms with van der Waals surface area (Å²) in [7, 11) is 0. The second-order valence-electron chi connectivity index (χ2n) is 12.5. The van der Waals surface area contributed by atoms with E-state index >= 15 is 0 Å². The maximum Gasteiger partial charge on any atom is 0.342 e. The Labute approximate surface area is 280 Å². The molecule has 5 aromatic rings. The summed E-state index contributed by atoms with van der Waals surface area (Å²) in [5.41, 5.74) is 9.52. The Morgan fingerprint density at radius 2 is 1.59 bits per heavy atom. The molecule has 0 saturated carbocycles. The summed E-state index contributed by atoms with van der Waals surface area (Å²) in [6.45, 7) is 9.87. The molecule has 1 aliphatic rings. The predicted octanol–water partition coefficient (Wildman–Crippen LogP) is 2.47. The Morgan fingerprint density at radius 3 is 2.35 bits per heavy atom. The number of ether oxygens (including phenoxy) is 1. The van der Waals surface area contributed by atoms with E-state index in [9.17, 15) is 24.8 Å². The molecule has 0 spiro atoms. The minimum absolute atomic E-state index is 0.0167. The van der Waals surface area contributed by atoms with Crippen molar-refractivity contribution in [3.63, 3.8) is 0 Å². The summed E-state index contributed by atoms with van der Waals surface area (Å²) < 4.78 is 6.90. The third-order valence-electron chi connectivity index (χ3n) is 9.20. The molecule has 6 rings (SSSR count). The number of aromatic amines is 4. The smallest absolute Gasteiger partial charge is 0.342 e. The summed E-state index contributed by atoms with van der Waals surface area (Å²) in [5.74, 6) is -0.985. The fourth-order valence-electron chi connectivity index (χ4n) is 6.45. The van der Waals surface area contributed by atoms with Crippen LogP contribution in [0.3, 0.4) is 0 Å². The number of nitro groups is 1. The Balaban J connectivity index is 1.39. The molecular formula is C36H39N7O6. The Bertz CT molecular complexity index is 2360. The lowest BCUT2D eigenvalue weighted by molar-refractivity contribution is -0.392. The zero-order valence-electron chi connectivity index (χ0n) is 28.1. The van der Waals surface area contributed by atoms with Crippen LogP contribution < -0.4 is 21.4 Å². The van der Waals surface area contributed by atoms with Crippen molar-refractivity contribution in [2.75, 3.05) is 6.61 Å². The Hall–Kier alpha value is -5.85. The number of H-pyrrole nitrogens is 4. The molecule has 0 unspecified atom stereocenters. The molecule has 0 atom stereocenters. The topological polar surface area (TPSA) is 188 Å². The lowest BCUT2D eigenvalue weighted by Crippen LogP contribution is -2.15. The number of nitrogens with zero attached hydrogens (tertiary/aromatic N) is 3. The van der Waals surface area contributed by atoms with E-state index in [1.165, 1.54) is 10.8 Å². The molecule has 0 radical (unpaired) electrons. The van der Waals surface area contributed by atoms with E-state index in [0.29, 0.717) is 18.7 Å². The van der Waals surface area contributed by atoms with Gasteiger partial charge < -0.3 is 39.9 Å². The average molecular weight is 666 g/mol. The highest BCUT2D eigenvalue weighted by Crippen LogP contribution is 2.23. The van der Waals surface area contributed by atoms with E-state index in [2.05, 4.69) is 63.1 Å². The van der Waals surface area contributed by atoms with Gasteiger partial charge in [0.1, 0.15) is 19.3 Å². The second kappa shape index (κ2) is 13.3. The lowest BCUT2D eigenvalue weighted by atomic mass is 10.0. The van der Waals surface area contributed by atoms with Crippen molar-refractivity contribution >= 4 is 42.1 Å². The van der Waals surface area contributed by atoms with Gasteiger partial charge in [-0.25, -0.2) is 9.55 Å². The lowest BCUT2D eigenvalue weighted by Gasteiger charge is -2.06. The van der Waals surface area contributed by atoms with Gasteiger partial charge in [0.2, 0.25) is 0 Å². The number of carboxylic acids is 1. The number of nitrogens with one attached hydrogen (secondary N) is 4. The number of esters is 1. The van der Waals surface area contributed by atoms with Crippen LogP contribution in [-0.2, 0) is 33.7 Å². The fraction of sp³-hybridized carbons (Fsp3) is 0.306. The number of hydrogen-bond acceptors (Lipinski definition) is 6. The third kappa shape index (κ3) is 6.91. The van der Waals surface area contributed by atoms with Crippen LogP contribution in [0.4, 0.5) is 5.82 Å². The number of fused-ring (bicyclic) bond motifs is 8. The number of hydrogen-bond donors (Lipinski definition) is 5. The average Bonchev–Trinajstić information content (AvgIpc) is 3.81. The van der Waals surface area contributed by atoms with Crippen molar-refractivity contribution in [2.45, 2.75) is 66.8 Å². The van der Waals surface area contributed by atoms with Crippen molar-refractivity contribution in [3.8, 4) is 0 Å². The normalized spacial score (nSPS) is 12.1. The van der Waals surface area contributed by atoms with E-state index in [1.54, 1.807) is 6.92 Å². The van der Waals surface area contributed by atoms with Gasteiger partial charge in [0, 0.05) is 63.9 Å². The van der Waals surface area contributed by atoms with Gasteiger partial charge in [-0.1, -0.05) is 0 Å². The van der Waals surface area contributed by atoms with Crippen LogP contribution in [0.25, 0.3) is 24.3 Å². The van der Waals surface area contributed by atoms with Crippen LogP contribution in [0, 0.1) is 44.7 Å². The predicted molar refractivity (Wildman–Crippen MR) is 184 cm³/mol. The molecule has 0 saturated heterocycles. The number of imidazole rings is 1. The molecule has 8 bridgehead atoms. The first kappa shape index (κ1) is 33.1. The number of carboxylic acid groups (broad SMARTS) is 1. The van der Waals surface area contributed by atoms with Crippen molar-refractivity contribution in [1.29, 1.82) is 0 Å². The monoisotopic (exact) mass is 665 g/mol. The molecule has 1 aliphatic heterocycles. The standard InChI is InChI=1S/C36H39N7O6/c1-19-12-25-15-30-21(3)26(6-8-35(44)45)32(40-30)17-33-27(7-9-36(46)49-11-10-42-23(5)37-18-34(42)43(47)48)22(4)31(41-33)16-29-20(2)13-24(39-29)14-28(19)38-25/h12-18,38-41H,6-11H2,1-5H3,(H,44,45). The van der Waals surface area contributed by atoms with Crippen molar-refractivity contribution in [3.05, 3.63) is 112 Å². The van der Waals surface area contributed by atoms with Crippen molar-refractivity contribution in [2.24, 2.45) is 0 Å². The zero-order chi connectivity index (χ0) is 35.0. The van der Waals surface area contributed by atoms with E-state index in [1.807, 2.05) is 26.0 Å². The van der Waals surface area contributed by atoms with Crippen LogP contribution in [0.2, 0.25) is 0 Å². The number of aromatic nitrogens is 6. The van der Waals surface area contributed by atoms with Gasteiger partial charge in [-0.3, -0.25) is 9.59 Å². The molecule has 6 heterocycles. The number of rotatable bonds is 10.